The van der Waals surface area contributed by atoms with E-state index in [1.54, 1.807) is 0 Å². The Kier molecular flexibility index (Phi) is 4.78. The largest absolute Gasteiger partial charge is 0.448 e. The fourth-order valence-corrected chi connectivity index (χ4v) is 3.99. The molecule has 1 aliphatic heterocycles. The van der Waals surface area contributed by atoms with E-state index >= 15 is 0 Å². The summed E-state index contributed by atoms with van der Waals surface area (Å²) in [6.45, 7) is 0.491. The Morgan fingerprint density at radius 3 is 2.67 bits per heavy atom. The zero-order valence-electron chi connectivity index (χ0n) is 16.6. The summed E-state index contributed by atoms with van der Waals surface area (Å²) in [5, 5.41) is 10.3. The van der Waals surface area contributed by atoms with Crippen molar-refractivity contribution in [2.75, 3.05) is 11.9 Å². The smallest absolute Gasteiger partial charge is 0.319 e. The van der Waals surface area contributed by atoms with Crippen molar-refractivity contribution < 1.29 is 14.3 Å². The average Bonchev–Trinajstić information content (AvgIpc) is 3.49. The number of benzene rings is 2. The second kappa shape index (κ2) is 7.74. The van der Waals surface area contributed by atoms with E-state index < -0.39 is 5.79 Å². The first-order valence-electron chi connectivity index (χ1n) is 10.4. The van der Waals surface area contributed by atoms with Crippen LogP contribution in [0.2, 0.25) is 0 Å². The second-order valence-corrected chi connectivity index (χ2v) is 7.70. The minimum atomic E-state index is -0.494. The van der Waals surface area contributed by atoms with Gasteiger partial charge in [-0.2, -0.15) is 5.10 Å². The highest BCUT2D eigenvalue weighted by atomic mass is 16.7. The molecule has 0 bridgehead atoms. The van der Waals surface area contributed by atoms with E-state index in [0.717, 1.165) is 42.8 Å². The summed E-state index contributed by atoms with van der Waals surface area (Å²) in [5.41, 5.74) is 2.61. The average molecular weight is 404 g/mol. The second-order valence-electron chi connectivity index (χ2n) is 7.70. The molecule has 3 aromatic rings. The van der Waals surface area contributed by atoms with Gasteiger partial charge < -0.3 is 20.1 Å². The quantitative estimate of drug-likeness (QED) is 0.665. The maximum atomic E-state index is 12.3. The molecule has 2 aliphatic rings. The lowest BCUT2D eigenvalue weighted by atomic mass is 10.2. The lowest BCUT2D eigenvalue weighted by Gasteiger charge is -2.21. The zero-order valence-corrected chi connectivity index (χ0v) is 16.6. The highest BCUT2D eigenvalue weighted by molar-refractivity contribution is 5.89. The highest BCUT2D eigenvalue weighted by Gasteiger charge is 2.44. The van der Waals surface area contributed by atoms with Crippen LogP contribution in [0.3, 0.4) is 0 Å². The predicted octanol–water partition coefficient (Wildman–Crippen LogP) is 4.28. The summed E-state index contributed by atoms with van der Waals surface area (Å²) in [5.74, 6) is 0.949. The Morgan fingerprint density at radius 1 is 1.03 bits per heavy atom. The van der Waals surface area contributed by atoms with Crippen LogP contribution in [-0.2, 0) is 6.42 Å². The van der Waals surface area contributed by atoms with Crippen LogP contribution < -0.4 is 20.1 Å². The Labute approximate surface area is 175 Å². The summed E-state index contributed by atoms with van der Waals surface area (Å²) >= 11 is 0. The van der Waals surface area contributed by atoms with Gasteiger partial charge in [0.2, 0.25) is 0 Å². The van der Waals surface area contributed by atoms with E-state index in [9.17, 15) is 4.79 Å². The highest BCUT2D eigenvalue weighted by Crippen LogP contribution is 2.47. The van der Waals surface area contributed by atoms with Crippen molar-refractivity contribution in [3.63, 3.8) is 0 Å². The molecule has 0 unspecified atom stereocenters. The fraction of sp³-hybridized carbons (Fsp3) is 0.304. The van der Waals surface area contributed by atoms with Crippen molar-refractivity contribution in [1.29, 1.82) is 0 Å². The first kappa shape index (κ1) is 18.5. The number of aromatic nitrogens is 2. The minimum Gasteiger partial charge on any atom is -0.448 e. The fourth-order valence-electron chi connectivity index (χ4n) is 3.99. The van der Waals surface area contributed by atoms with Gasteiger partial charge in [-0.15, -0.1) is 0 Å². The third-order valence-electron chi connectivity index (χ3n) is 5.49. The van der Waals surface area contributed by atoms with Gasteiger partial charge in [-0.25, -0.2) is 9.48 Å². The summed E-state index contributed by atoms with van der Waals surface area (Å²) < 4.78 is 13.9. The first-order chi connectivity index (χ1) is 14.7. The molecule has 5 rings (SSSR count). The van der Waals surface area contributed by atoms with Gasteiger partial charge in [0.05, 0.1) is 11.4 Å². The number of hydrogen-bond donors (Lipinski definition) is 2. The number of carbonyl (C=O) groups excluding carboxylic acids is 1. The molecule has 0 radical (unpaired) electrons. The van der Waals surface area contributed by atoms with Crippen molar-refractivity contribution in [3.8, 4) is 17.2 Å². The van der Waals surface area contributed by atoms with Crippen molar-refractivity contribution in [3.05, 3.63) is 66.5 Å². The van der Waals surface area contributed by atoms with E-state index in [4.69, 9.17) is 9.47 Å². The first-order valence-corrected chi connectivity index (χ1v) is 10.4. The molecule has 1 aliphatic carbocycles. The number of anilines is 1. The summed E-state index contributed by atoms with van der Waals surface area (Å²) in [7, 11) is 0. The number of urea groups is 1. The van der Waals surface area contributed by atoms with E-state index in [1.807, 2.05) is 65.5 Å². The Morgan fingerprint density at radius 2 is 1.83 bits per heavy atom. The molecular weight excluding hydrogens is 380 g/mol. The number of fused-ring (bicyclic) bond motifs is 1. The number of para-hydroxylation sites is 1. The van der Waals surface area contributed by atoms with Gasteiger partial charge in [-0.1, -0.05) is 18.2 Å². The van der Waals surface area contributed by atoms with Crippen LogP contribution in [0, 0.1) is 0 Å². The van der Waals surface area contributed by atoms with Gasteiger partial charge in [0.15, 0.2) is 11.5 Å². The number of nitrogens with zero attached hydrogens (tertiary/aromatic N) is 2. The molecule has 2 heterocycles. The van der Waals surface area contributed by atoms with E-state index in [2.05, 4.69) is 15.7 Å². The maximum absolute atomic E-state index is 12.3. The zero-order chi connectivity index (χ0) is 20.4. The van der Waals surface area contributed by atoms with Gasteiger partial charge in [0.1, 0.15) is 0 Å². The SMILES string of the molecule is O=C(NCCc1ccn(-c2ccccc2)n1)Nc1ccc2c(c1)OC1(CCCC1)O2. The summed E-state index contributed by atoms with van der Waals surface area (Å²) in [4.78, 5) is 12.3. The molecule has 1 spiro atoms. The van der Waals surface area contributed by atoms with Gasteiger partial charge >= 0.3 is 6.03 Å². The third kappa shape index (κ3) is 3.83. The molecule has 0 atom stereocenters. The Bertz CT molecular complexity index is 1040. The molecule has 154 valence electrons. The molecule has 1 fully saturated rings. The minimum absolute atomic E-state index is 0.257. The number of amides is 2. The third-order valence-corrected chi connectivity index (χ3v) is 5.49. The summed E-state index contributed by atoms with van der Waals surface area (Å²) in [6.07, 6.45) is 6.62. The molecule has 1 aromatic heterocycles. The molecule has 1 saturated carbocycles. The lowest BCUT2D eigenvalue weighted by Crippen LogP contribution is -2.34. The number of ether oxygens (including phenoxy) is 2. The van der Waals surface area contributed by atoms with Crippen molar-refractivity contribution >= 4 is 11.7 Å². The maximum Gasteiger partial charge on any atom is 0.319 e. The van der Waals surface area contributed by atoms with Crippen LogP contribution in [0.25, 0.3) is 5.69 Å². The topological polar surface area (TPSA) is 77.4 Å². The van der Waals surface area contributed by atoms with Crippen LogP contribution in [0.1, 0.15) is 31.4 Å². The number of rotatable bonds is 5. The molecule has 0 saturated heterocycles. The molecule has 2 N–H and O–H groups in total. The molecule has 7 nitrogen and oxygen atoms in total. The van der Waals surface area contributed by atoms with Gasteiger partial charge in [-0.3, -0.25) is 0 Å². The van der Waals surface area contributed by atoms with Crippen LogP contribution in [0.4, 0.5) is 10.5 Å². The predicted molar refractivity (Wildman–Crippen MR) is 113 cm³/mol. The Balaban J connectivity index is 1.12. The van der Waals surface area contributed by atoms with Crippen molar-refractivity contribution in [2.45, 2.75) is 37.9 Å². The Hall–Kier alpha value is -3.48. The van der Waals surface area contributed by atoms with Crippen LogP contribution in [0.15, 0.2) is 60.8 Å². The molecule has 7 heteroatoms. The molecule has 2 aromatic carbocycles. The van der Waals surface area contributed by atoms with E-state index in [1.165, 1.54) is 0 Å². The molecule has 2 amide bonds. The van der Waals surface area contributed by atoms with E-state index in [0.29, 0.717) is 24.4 Å². The molecular formula is C23H24N4O3. The van der Waals surface area contributed by atoms with Crippen LogP contribution in [0.5, 0.6) is 11.5 Å². The van der Waals surface area contributed by atoms with E-state index in [-0.39, 0.29) is 6.03 Å². The lowest BCUT2D eigenvalue weighted by molar-refractivity contribution is -0.0716. The van der Waals surface area contributed by atoms with Crippen molar-refractivity contribution in [2.24, 2.45) is 0 Å². The van der Waals surface area contributed by atoms with Gasteiger partial charge in [0.25, 0.3) is 5.79 Å². The number of hydrogen-bond acceptors (Lipinski definition) is 4. The standard InChI is InChI=1S/C23H24N4O3/c28-22(24-14-10-17-11-15-27(26-17)19-6-2-1-3-7-19)25-18-8-9-20-21(16-18)30-23(29-20)12-4-5-13-23/h1-3,6-9,11,15-16H,4-5,10,12-14H2,(H2,24,25,28). The monoisotopic (exact) mass is 404 g/mol. The van der Waals surface area contributed by atoms with Crippen molar-refractivity contribution in [1.82, 2.24) is 15.1 Å². The van der Waals surface area contributed by atoms with Crippen LogP contribution >= 0.6 is 0 Å². The number of carbonyl (C=O) groups is 1. The number of nitrogens with one attached hydrogen (secondary N) is 2. The summed E-state index contributed by atoms with van der Waals surface area (Å²) in [6, 6.07) is 17.2. The van der Waals surface area contributed by atoms with Crippen LogP contribution in [-0.4, -0.2) is 28.1 Å². The normalized spacial score (nSPS) is 16.0. The molecule has 30 heavy (non-hydrogen) atoms. The van der Waals surface area contributed by atoms with Gasteiger partial charge in [-0.05, 0) is 43.2 Å². The van der Waals surface area contributed by atoms with Gasteiger partial charge in [0, 0.05) is 43.8 Å².